The molecular formula is C64H124O17P2. The fraction of sp³-hybridized carbons (Fsp3) is 0.938. The zero-order valence-electron chi connectivity index (χ0n) is 53.3. The maximum absolute atomic E-state index is 13.0. The highest BCUT2D eigenvalue weighted by molar-refractivity contribution is 7.47. The van der Waals surface area contributed by atoms with Crippen LogP contribution in [0.2, 0.25) is 0 Å². The number of carbonyl (C=O) groups excluding carboxylic acids is 4. The molecular weight excluding hydrogens is 1100 g/mol. The molecule has 0 heterocycles. The van der Waals surface area contributed by atoms with E-state index in [0.717, 1.165) is 115 Å². The minimum atomic E-state index is -4.94. The zero-order chi connectivity index (χ0) is 61.3. The lowest BCUT2D eigenvalue weighted by molar-refractivity contribution is -0.161. The van der Waals surface area contributed by atoms with Crippen LogP contribution in [0.4, 0.5) is 0 Å². The molecule has 0 aliphatic carbocycles. The van der Waals surface area contributed by atoms with Crippen molar-refractivity contribution >= 4 is 39.5 Å². The quantitative estimate of drug-likeness (QED) is 0.0222. The van der Waals surface area contributed by atoms with E-state index in [2.05, 4.69) is 34.6 Å². The molecule has 83 heavy (non-hydrogen) atoms. The highest BCUT2D eigenvalue weighted by Crippen LogP contribution is 2.45. The van der Waals surface area contributed by atoms with Gasteiger partial charge in [-0.15, -0.1) is 0 Å². The number of esters is 4. The Bertz CT molecular complexity index is 1620. The summed E-state index contributed by atoms with van der Waals surface area (Å²) in [4.78, 5) is 71.9. The fourth-order valence-electron chi connectivity index (χ4n) is 9.58. The summed E-state index contributed by atoms with van der Waals surface area (Å²) in [6.07, 6.45) is 41.9. The molecule has 3 N–H and O–H groups in total. The van der Waals surface area contributed by atoms with Gasteiger partial charge in [0.1, 0.15) is 19.3 Å². The lowest BCUT2D eigenvalue weighted by atomic mass is 10.0. The smallest absolute Gasteiger partial charge is 0.462 e. The van der Waals surface area contributed by atoms with E-state index in [4.69, 9.17) is 37.0 Å². The summed E-state index contributed by atoms with van der Waals surface area (Å²) < 4.78 is 67.8. The second-order valence-electron chi connectivity index (χ2n) is 23.6. The van der Waals surface area contributed by atoms with Crippen molar-refractivity contribution in [3.05, 3.63) is 0 Å². The summed E-state index contributed by atoms with van der Waals surface area (Å²) in [5, 5.41) is 10.5. The van der Waals surface area contributed by atoms with Gasteiger partial charge in [0, 0.05) is 25.7 Å². The SMILES string of the molecule is CCCCCCCCCCC(=O)OC[C@H](COP(=O)(O)OC[C@H](O)COP(=O)(O)OC[C@@H](COC(=O)CCCCCCCCCC)OC(=O)CCCCCCCCCCCCCCCCCCC(C)C)OC(=O)CCCCCCCCCC. The predicted octanol–water partition coefficient (Wildman–Crippen LogP) is 17.8. The third kappa shape index (κ3) is 58.8. The van der Waals surface area contributed by atoms with Crippen molar-refractivity contribution in [2.45, 2.75) is 342 Å². The molecule has 0 aromatic carbocycles. The van der Waals surface area contributed by atoms with Crippen molar-refractivity contribution in [3.63, 3.8) is 0 Å². The van der Waals surface area contributed by atoms with Crippen molar-refractivity contribution in [2.24, 2.45) is 5.92 Å². The lowest BCUT2D eigenvalue weighted by Gasteiger charge is -2.21. The van der Waals surface area contributed by atoms with Crippen molar-refractivity contribution in [1.82, 2.24) is 0 Å². The second kappa shape index (κ2) is 57.8. The molecule has 0 bridgehead atoms. The number of hydrogen-bond donors (Lipinski definition) is 3. The molecule has 17 nitrogen and oxygen atoms in total. The topological polar surface area (TPSA) is 237 Å². The molecule has 0 fully saturated rings. The summed E-state index contributed by atoms with van der Waals surface area (Å²) >= 11 is 0. The van der Waals surface area contributed by atoms with Crippen LogP contribution in [0.25, 0.3) is 0 Å². The van der Waals surface area contributed by atoms with E-state index < -0.39 is 97.5 Å². The van der Waals surface area contributed by atoms with Crippen LogP contribution in [0, 0.1) is 5.92 Å². The number of phosphoric acid groups is 2. The van der Waals surface area contributed by atoms with E-state index in [9.17, 15) is 43.2 Å². The predicted molar refractivity (Wildman–Crippen MR) is 331 cm³/mol. The number of rotatable bonds is 64. The summed E-state index contributed by atoms with van der Waals surface area (Å²) in [7, 11) is -9.87. The molecule has 0 aliphatic rings. The maximum Gasteiger partial charge on any atom is 0.472 e. The molecule has 0 aromatic rings. The van der Waals surface area contributed by atoms with Gasteiger partial charge in [-0.1, -0.05) is 272 Å². The van der Waals surface area contributed by atoms with Crippen LogP contribution in [0.1, 0.15) is 324 Å². The van der Waals surface area contributed by atoms with Crippen LogP contribution < -0.4 is 0 Å². The first-order valence-electron chi connectivity index (χ1n) is 33.6. The van der Waals surface area contributed by atoms with E-state index in [-0.39, 0.29) is 25.7 Å². The first kappa shape index (κ1) is 81.1. The number of hydrogen-bond acceptors (Lipinski definition) is 15. The number of unbranched alkanes of at least 4 members (excludes halogenated alkanes) is 36. The van der Waals surface area contributed by atoms with Crippen molar-refractivity contribution in [2.75, 3.05) is 39.6 Å². The van der Waals surface area contributed by atoms with Crippen LogP contribution in [-0.2, 0) is 65.4 Å². The molecule has 0 saturated carbocycles. The van der Waals surface area contributed by atoms with Gasteiger partial charge in [-0.05, 0) is 31.6 Å². The van der Waals surface area contributed by atoms with Gasteiger partial charge in [0.05, 0.1) is 26.4 Å². The summed E-state index contributed by atoms with van der Waals surface area (Å²) in [5.74, 6) is -1.33. The van der Waals surface area contributed by atoms with Crippen molar-refractivity contribution in [3.8, 4) is 0 Å². The van der Waals surface area contributed by atoms with Crippen molar-refractivity contribution in [1.29, 1.82) is 0 Å². The lowest BCUT2D eigenvalue weighted by Crippen LogP contribution is -2.30. The Morgan fingerprint density at radius 2 is 0.554 bits per heavy atom. The minimum absolute atomic E-state index is 0.105. The van der Waals surface area contributed by atoms with Crippen LogP contribution in [0.3, 0.4) is 0 Å². The normalized spacial score (nSPS) is 14.2. The molecule has 0 spiro atoms. The Kier molecular flexibility index (Phi) is 56.4. The van der Waals surface area contributed by atoms with Gasteiger partial charge in [-0.2, -0.15) is 0 Å². The molecule has 0 rings (SSSR count). The number of ether oxygens (including phenoxy) is 4. The number of phosphoric ester groups is 2. The van der Waals surface area contributed by atoms with Crippen LogP contribution in [0.5, 0.6) is 0 Å². The minimum Gasteiger partial charge on any atom is -0.462 e. The van der Waals surface area contributed by atoms with Crippen molar-refractivity contribution < 1.29 is 80.2 Å². The van der Waals surface area contributed by atoms with E-state index in [0.29, 0.717) is 25.7 Å². The zero-order valence-corrected chi connectivity index (χ0v) is 55.1. The Balaban J connectivity index is 5.10. The Labute approximate surface area is 505 Å². The average molecular weight is 1230 g/mol. The Morgan fingerprint density at radius 1 is 0.325 bits per heavy atom. The summed E-state index contributed by atoms with van der Waals surface area (Å²) in [5.41, 5.74) is 0. The Morgan fingerprint density at radius 3 is 0.819 bits per heavy atom. The first-order chi connectivity index (χ1) is 40.0. The van der Waals surface area contributed by atoms with E-state index in [1.54, 1.807) is 0 Å². The number of aliphatic hydroxyl groups excluding tert-OH is 1. The van der Waals surface area contributed by atoms with Crippen LogP contribution in [0.15, 0.2) is 0 Å². The number of aliphatic hydroxyl groups is 1. The highest BCUT2D eigenvalue weighted by atomic mass is 31.2. The largest absolute Gasteiger partial charge is 0.472 e. The van der Waals surface area contributed by atoms with Gasteiger partial charge in [-0.25, -0.2) is 9.13 Å². The average Bonchev–Trinajstić information content (AvgIpc) is 3.45. The van der Waals surface area contributed by atoms with Gasteiger partial charge in [0.25, 0.3) is 0 Å². The summed E-state index contributed by atoms with van der Waals surface area (Å²) in [6, 6.07) is 0. The molecule has 0 aliphatic heterocycles. The van der Waals surface area contributed by atoms with Gasteiger partial charge in [-0.3, -0.25) is 37.3 Å². The maximum atomic E-state index is 13.0. The fourth-order valence-corrected chi connectivity index (χ4v) is 11.2. The third-order valence-corrected chi connectivity index (χ3v) is 16.7. The third-order valence-electron chi connectivity index (χ3n) is 14.8. The molecule has 0 saturated heterocycles. The van der Waals surface area contributed by atoms with Crippen LogP contribution in [-0.4, -0.2) is 96.7 Å². The molecule has 2 unspecified atom stereocenters. The molecule has 19 heteroatoms. The van der Waals surface area contributed by atoms with Gasteiger partial charge < -0.3 is 33.8 Å². The van der Waals surface area contributed by atoms with E-state index in [1.807, 2.05) is 0 Å². The molecule has 0 aromatic heterocycles. The molecule has 0 amide bonds. The standard InChI is InChI=1S/C64H124O17P2/c1-6-9-12-15-18-32-37-42-47-61(66)74-53-59(80-63(68)49-44-39-34-20-17-14-11-8-3)55-78-82(70,71)76-51-58(65)52-77-83(72,73)79-56-60(54-75-62(67)48-43-38-33-19-16-13-10-7-2)81-64(69)50-45-40-35-30-28-26-24-22-21-23-25-27-29-31-36-41-46-57(4)5/h57-60,65H,6-56H2,1-5H3,(H,70,71)(H,72,73)/t58-,59+,60+/m0/s1. The van der Waals surface area contributed by atoms with E-state index in [1.165, 1.54) is 128 Å². The first-order valence-corrected chi connectivity index (χ1v) is 36.6. The van der Waals surface area contributed by atoms with E-state index >= 15 is 0 Å². The monoisotopic (exact) mass is 1230 g/mol. The van der Waals surface area contributed by atoms with Gasteiger partial charge in [0.2, 0.25) is 0 Å². The van der Waals surface area contributed by atoms with Crippen LogP contribution >= 0.6 is 15.6 Å². The molecule has 5 atom stereocenters. The molecule has 492 valence electrons. The Hall–Kier alpha value is -1.94. The summed E-state index contributed by atoms with van der Waals surface area (Å²) in [6.45, 7) is 7.15. The molecule has 0 radical (unpaired) electrons. The highest BCUT2D eigenvalue weighted by Gasteiger charge is 2.30. The number of carbonyl (C=O) groups is 4. The second-order valence-corrected chi connectivity index (χ2v) is 26.5. The van der Waals surface area contributed by atoms with Gasteiger partial charge >= 0.3 is 39.5 Å². The van der Waals surface area contributed by atoms with Gasteiger partial charge in [0.15, 0.2) is 12.2 Å².